The molecular formula is C21H24N2O5. The molecule has 2 amide bonds. The molecule has 7 heteroatoms. The highest BCUT2D eigenvalue weighted by Gasteiger charge is 2.19. The number of primary amides is 1. The molecule has 2 aromatic carbocycles. The lowest BCUT2D eigenvalue weighted by atomic mass is 10.1. The van der Waals surface area contributed by atoms with E-state index in [9.17, 15) is 9.59 Å². The van der Waals surface area contributed by atoms with E-state index in [-0.39, 0.29) is 18.6 Å². The Hall–Kier alpha value is -3.22. The smallest absolute Gasteiger partial charge is 0.255 e. The summed E-state index contributed by atoms with van der Waals surface area (Å²) in [5.74, 6) is 0.438. The number of carbonyl (C=O) groups excluding carboxylic acids is 2. The summed E-state index contributed by atoms with van der Waals surface area (Å²) in [6.45, 7) is -0.270. The maximum atomic E-state index is 12.7. The molecule has 0 bridgehead atoms. The Kier molecular flexibility index (Phi) is 6.37. The monoisotopic (exact) mass is 384 g/mol. The average Bonchev–Trinajstić information content (AvgIpc) is 3.20. The summed E-state index contributed by atoms with van der Waals surface area (Å²) in [4.78, 5) is 23.6. The minimum atomic E-state index is -0.595. The maximum Gasteiger partial charge on any atom is 0.255 e. The predicted molar refractivity (Wildman–Crippen MR) is 105 cm³/mol. The van der Waals surface area contributed by atoms with Crippen molar-refractivity contribution in [2.24, 2.45) is 5.73 Å². The number of anilines is 1. The Morgan fingerprint density at radius 1 is 1.07 bits per heavy atom. The van der Waals surface area contributed by atoms with Crippen LogP contribution in [-0.2, 0) is 4.79 Å². The summed E-state index contributed by atoms with van der Waals surface area (Å²) in [7, 11) is 1.46. The van der Waals surface area contributed by atoms with Crippen LogP contribution in [0.5, 0.6) is 17.2 Å². The van der Waals surface area contributed by atoms with Crippen molar-refractivity contribution in [3.05, 3.63) is 48.0 Å². The van der Waals surface area contributed by atoms with Crippen LogP contribution in [0, 0.1) is 0 Å². The van der Waals surface area contributed by atoms with E-state index < -0.39 is 5.91 Å². The lowest BCUT2D eigenvalue weighted by Crippen LogP contribution is -2.20. The molecule has 1 aliphatic carbocycles. The number of hydrogen-bond donors (Lipinski definition) is 2. The van der Waals surface area contributed by atoms with Crippen molar-refractivity contribution < 1.29 is 23.8 Å². The van der Waals surface area contributed by atoms with Gasteiger partial charge in [-0.3, -0.25) is 9.59 Å². The van der Waals surface area contributed by atoms with Crippen molar-refractivity contribution in [2.75, 3.05) is 19.0 Å². The fourth-order valence-corrected chi connectivity index (χ4v) is 3.13. The molecular weight excluding hydrogens is 360 g/mol. The Bertz CT molecular complexity index is 846. The van der Waals surface area contributed by atoms with Crippen LogP contribution in [0.4, 0.5) is 5.69 Å². The van der Waals surface area contributed by atoms with E-state index in [1.54, 1.807) is 18.2 Å². The first-order chi connectivity index (χ1) is 13.6. The Morgan fingerprint density at radius 2 is 1.82 bits per heavy atom. The first kappa shape index (κ1) is 19.5. The quantitative estimate of drug-likeness (QED) is 0.728. The number of carbonyl (C=O) groups is 2. The van der Waals surface area contributed by atoms with Gasteiger partial charge in [0.25, 0.3) is 11.8 Å². The van der Waals surface area contributed by atoms with Crippen LogP contribution in [-0.4, -0.2) is 31.6 Å². The van der Waals surface area contributed by atoms with Crippen LogP contribution < -0.4 is 25.3 Å². The molecule has 3 N–H and O–H groups in total. The normalized spacial score (nSPS) is 13.8. The van der Waals surface area contributed by atoms with Gasteiger partial charge in [-0.2, -0.15) is 0 Å². The Morgan fingerprint density at radius 3 is 2.54 bits per heavy atom. The number of benzene rings is 2. The summed E-state index contributed by atoms with van der Waals surface area (Å²) in [6.07, 6.45) is 4.60. The van der Waals surface area contributed by atoms with Gasteiger partial charge in [-0.25, -0.2) is 0 Å². The summed E-state index contributed by atoms with van der Waals surface area (Å²) in [5, 5.41) is 2.89. The molecule has 0 aromatic heterocycles. The molecule has 1 saturated carbocycles. The second-order valence-electron chi connectivity index (χ2n) is 6.60. The van der Waals surface area contributed by atoms with E-state index in [0.29, 0.717) is 28.5 Å². The largest absolute Gasteiger partial charge is 0.493 e. The highest BCUT2D eigenvalue weighted by Crippen LogP contribution is 2.31. The molecule has 0 heterocycles. The van der Waals surface area contributed by atoms with E-state index in [2.05, 4.69) is 5.32 Å². The fraction of sp³-hybridized carbons (Fsp3) is 0.333. The topological polar surface area (TPSA) is 99.9 Å². The molecule has 0 saturated heterocycles. The molecule has 3 rings (SSSR count). The van der Waals surface area contributed by atoms with Gasteiger partial charge in [0, 0.05) is 5.56 Å². The van der Waals surface area contributed by atoms with E-state index >= 15 is 0 Å². The summed E-state index contributed by atoms with van der Waals surface area (Å²) < 4.78 is 16.6. The molecule has 2 aromatic rings. The number of ether oxygens (including phenoxy) is 3. The van der Waals surface area contributed by atoms with Gasteiger partial charge in [0.1, 0.15) is 5.75 Å². The second kappa shape index (κ2) is 9.12. The molecule has 7 nitrogen and oxygen atoms in total. The SMILES string of the molecule is COc1cc(C(=O)Nc2ccccc2OC2CCCC2)ccc1OCC(N)=O. The van der Waals surface area contributed by atoms with Crippen molar-refractivity contribution in [3.63, 3.8) is 0 Å². The number of methoxy groups -OCH3 is 1. The Labute approximate surface area is 163 Å². The van der Waals surface area contributed by atoms with Gasteiger partial charge in [-0.15, -0.1) is 0 Å². The van der Waals surface area contributed by atoms with Gasteiger partial charge in [-0.05, 0) is 56.0 Å². The van der Waals surface area contributed by atoms with Crippen molar-refractivity contribution >= 4 is 17.5 Å². The lowest BCUT2D eigenvalue weighted by molar-refractivity contribution is -0.119. The standard InChI is InChI=1S/C21H24N2O5/c1-26-19-12-14(10-11-18(19)27-13-20(22)24)21(25)23-16-8-4-5-9-17(16)28-15-6-2-3-7-15/h4-5,8-12,15H,2-3,6-7,13H2,1H3,(H2,22,24)(H,23,25). The number of para-hydroxylation sites is 2. The Balaban J connectivity index is 1.73. The van der Waals surface area contributed by atoms with Crippen molar-refractivity contribution in [1.82, 2.24) is 0 Å². The van der Waals surface area contributed by atoms with Crippen LogP contribution in [0.15, 0.2) is 42.5 Å². The first-order valence-corrected chi connectivity index (χ1v) is 9.23. The van der Waals surface area contributed by atoms with Crippen LogP contribution in [0.25, 0.3) is 0 Å². The predicted octanol–water partition coefficient (Wildman–Crippen LogP) is 3.13. The number of nitrogens with one attached hydrogen (secondary N) is 1. The molecule has 1 fully saturated rings. The van der Waals surface area contributed by atoms with Crippen molar-refractivity contribution in [1.29, 1.82) is 0 Å². The number of rotatable bonds is 8. The van der Waals surface area contributed by atoms with Crippen molar-refractivity contribution in [3.8, 4) is 17.2 Å². The molecule has 28 heavy (non-hydrogen) atoms. The second-order valence-corrected chi connectivity index (χ2v) is 6.60. The zero-order chi connectivity index (χ0) is 19.9. The maximum absolute atomic E-state index is 12.7. The van der Waals surface area contributed by atoms with Crippen molar-refractivity contribution in [2.45, 2.75) is 31.8 Å². The highest BCUT2D eigenvalue weighted by molar-refractivity contribution is 6.05. The molecule has 148 valence electrons. The van der Waals surface area contributed by atoms with Crippen LogP contribution >= 0.6 is 0 Å². The molecule has 0 radical (unpaired) electrons. The molecule has 1 aliphatic rings. The highest BCUT2D eigenvalue weighted by atomic mass is 16.5. The van der Waals surface area contributed by atoms with Crippen LogP contribution in [0.1, 0.15) is 36.0 Å². The molecule has 0 unspecified atom stereocenters. The van der Waals surface area contributed by atoms with Gasteiger partial charge in [0.15, 0.2) is 18.1 Å². The number of hydrogen-bond acceptors (Lipinski definition) is 5. The van der Waals surface area contributed by atoms with Crippen LogP contribution in [0.2, 0.25) is 0 Å². The number of nitrogens with two attached hydrogens (primary N) is 1. The summed E-state index contributed by atoms with van der Waals surface area (Å²) in [5.41, 5.74) is 6.09. The summed E-state index contributed by atoms with van der Waals surface area (Å²) >= 11 is 0. The van der Waals surface area contributed by atoms with Crippen LogP contribution in [0.3, 0.4) is 0 Å². The zero-order valence-electron chi connectivity index (χ0n) is 15.8. The van der Waals surface area contributed by atoms with Gasteiger partial charge >= 0.3 is 0 Å². The van der Waals surface area contributed by atoms with Gasteiger partial charge in [0.05, 0.1) is 18.9 Å². The summed E-state index contributed by atoms with van der Waals surface area (Å²) in [6, 6.07) is 12.1. The third kappa shape index (κ3) is 4.94. The number of amides is 2. The van der Waals surface area contributed by atoms with Gasteiger partial charge in [-0.1, -0.05) is 12.1 Å². The third-order valence-corrected chi connectivity index (χ3v) is 4.53. The minimum Gasteiger partial charge on any atom is -0.493 e. The first-order valence-electron chi connectivity index (χ1n) is 9.23. The van der Waals surface area contributed by atoms with E-state index in [1.807, 2.05) is 24.3 Å². The fourth-order valence-electron chi connectivity index (χ4n) is 3.13. The average molecular weight is 384 g/mol. The zero-order valence-corrected chi connectivity index (χ0v) is 15.8. The third-order valence-electron chi connectivity index (χ3n) is 4.53. The van der Waals surface area contributed by atoms with E-state index in [0.717, 1.165) is 12.8 Å². The molecule has 0 spiro atoms. The van der Waals surface area contributed by atoms with E-state index in [4.69, 9.17) is 19.9 Å². The van der Waals surface area contributed by atoms with Gasteiger partial charge in [0.2, 0.25) is 0 Å². The molecule has 0 atom stereocenters. The lowest BCUT2D eigenvalue weighted by Gasteiger charge is -2.17. The minimum absolute atomic E-state index is 0.194. The van der Waals surface area contributed by atoms with E-state index in [1.165, 1.54) is 20.0 Å². The van der Waals surface area contributed by atoms with Gasteiger partial charge < -0.3 is 25.3 Å². The molecule has 0 aliphatic heterocycles.